The van der Waals surface area contributed by atoms with Gasteiger partial charge in [0, 0.05) is 25.3 Å². The summed E-state index contributed by atoms with van der Waals surface area (Å²) in [5.74, 6) is 0.327. The van der Waals surface area contributed by atoms with Gasteiger partial charge in [0.2, 0.25) is 10.0 Å². The molecule has 1 aliphatic heterocycles. The topological polar surface area (TPSA) is 58.6 Å². The molecule has 1 N–H and O–H groups in total. The summed E-state index contributed by atoms with van der Waals surface area (Å²) in [6, 6.07) is 10.8. The minimum absolute atomic E-state index is 0.0529. The van der Waals surface area contributed by atoms with Gasteiger partial charge in [-0.1, -0.05) is 35.3 Å². The normalized spacial score (nSPS) is 14.7. The maximum atomic E-state index is 12.6. The van der Waals surface area contributed by atoms with Crippen molar-refractivity contribution in [3.63, 3.8) is 0 Å². The molecule has 0 saturated carbocycles. The number of rotatable bonds is 6. The third-order valence-corrected chi connectivity index (χ3v) is 6.81. The Hall–Kier alpha value is -1.47. The maximum Gasteiger partial charge on any atom is 0.242 e. The predicted octanol–water partition coefficient (Wildman–Crippen LogP) is 4.08. The Morgan fingerprint density at radius 3 is 2.31 bits per heavy atom. The van der Waals surface area contributed by atoms with Crippen LogP contribution in [0.1, 0.15) is 18.4 Å². The molecule has 0 amide bonds. The van der Waals surface area contributed by atoms with E-state index in [0.29, 0.717) is 5.75 Å². The van der Waals surface area contributed by atoms with Gasteiger partial charge in [0.25, 0.3) is 0 Å². The van der Waals surface area contributed by atoms with Gasteiger partial charge in [-0.15, -0.1) is 0 Å². The molecule has 2 aromatic rings. The van der Waals surface area contributed by atoms with Crippen molar-refractivity contribution in [1.29, 1.82) is 0 Å². The molecule has 2 aromatic carbocycles. The average Bonchev–Trinajstić information content (AvgIpc) is 3.17. The van der Waals surface area contributed by atoms with E-state index in [1.165, 1.54) is 37.8 Å². The summed E-state index contributed by atoms with van der Waals surface area (Å²) in [5, 5.41) is 0.0231. The zero-order chi connectivity index (χ0) is 18.7. The van der Waals surface area contributed by atoms with E-state index in [2.05, 4.69) is 9.62 Å². The molecule has 0 bridgehead atoms. The smallest absolute Gasteiger partial charge is 0.242 e. The number of ether oxygens (including phenoxy) is 1. The van der Waals surface area contributed by atoms with Crippen LogP contribution in [0.5, 0.6) is 5.75 Å². The highest BCUT2D eigenvalue weighted by atomic mass is 35.5. The average molecular weight is 415 g/mol. The minimum Gasteiger partial charge on any atom is -0.495 e. The molecule has 5 nitrogen and oxygen atoms in total. The lowest BCUT2D eigenvalue weighted by molar-refractivity contribution is 0.414. The van der Waals surface area contributed by atoms with Gasteiger partial charge in [0.1, 0.15) is 15.7 Å². The fourth-order valence-corrected chi connectivity index (χ4v) is 4.79. The van der Waals surface area contributed by atoms with Crippen molar-refractivity contribution in [3.05, 3.63) is 52.0 Å². The van der Waals surface area contributed by atoms with Gasteiger partial charge in [-0.05, 0) is 42.7 Å². The van der Waals surface area contributed by atoms with Gasteiger partial charge in [-0.25, -0.2) is 13.1 Å². The number of nitrogens with zero attached hydrogens (tertiary/aromatic N) is 1. The van der Waals surface area contributed by atoms with Gasteiger partial charge in [0.05, 0.1) is 12.1 Å². The lowest BCUT2D eigenvalue weighted by Crippen LogP contribution is -2.23. The predicted molar refractivity (Wildman–Crippen MR) is 105 cm³/mol. The van der Waals surface area contributed by atoms with E-state index in [9.17, 15) is 8.42 Å². The minimum atomic E-state index is -3.79. The van der Waals surface area contributed by atoms with Crippen LogP contribution in [0, 0.1) is 0 Å². The van der Waals surface area contributed by atoms with Crippen LogP contribution in [-0.4, -0.2) is 28.6 Å². The first-order chi connectivity index (χ1) is 12.4. The van der Waals surface area contributed by atoms with Crippen LogP contribution in [0.4, 0.5) is 5.69 Å². The Kier molecular flexibility index (Phi) is 5.97. The Balaban J connectivity index is 1.71. The summed E-state index contributed by atoms with van der Waals surface area (Å²) in [4.78, 5) is 2.26. The molecule has 0 atom stereocenters. The van der Waals surface area contributed by atoms with E-state index in [1.807, 2.05) is 24.3 Å². The van der Waals surface area contributed by atoms with Crippen molar-refractivity contribution in [2.24, 2.45) is 0 Å². The van der Waals surface area contributed by atoms with Gasteiger partial charge in [-0.2, -0.15) is 0 Å². The number of sulfonamides is 1. The first kappa shape index (κ1) is 19.3. The highest BCUT2D eigenvalue weighted by molar-refractivity contribution is 7.89. The number of nitrogens with one attached hydrogen (secondary N) is 1. The zero-order valence-electron chi connectivity index (χ0n) is 14.3. The molecular formula is C18H20Cl2N2O3S. The van der Waals surface area contributed by atoms with Gasteiger partial charge < -0.3 is 9.64 Å². The van der Waals surface area contributed by atoms with Crippen molar-refractivity contribution in [2.75, 3.05) is 25.1 Å². The Morgan fingerprint density at radius 1 is 1.04 bits per heavy atom. The molecular weight excluding hydrogens is 395 g/mol. The fraction of sp³-hybridized carbons (Fsp3) is 0.333. The molecule has 1 fully saturated rings. The van der Waals surface area contributed by atoms with E-state index in [0.717, 1.165) is 18.7 Å². The second kappa shape index (κ2) is 8.05. The van der Waals surface area contributed by atoms with E-state index < -0.39 is 10.0 Å². The Labute approximate surface area is 163 Å². The molecule has 0 aromatic heterocycles. The molecule has 1 aliphatic rings. The van der Waals surface area contributed by atoms with E-state index in [-0.39, 0.29) is 21.5 Å². The van der Waals surface area contributed by atoms with Gasteiger partial charge in [-0.3, -0.25) is 0 Å². The van der Waals surface area contributed by atoms with Crippen LogP contribution >= 0.6 is 23.2 Å². The molecule has 140 valence electrons. The second-order valence-corrected chi connectivity index (χ2v) is 8.57. The highest BCUT2D eigenvalue weighted by Gasteiger charge is 2.21. The van der Waals surface area contributed by atoms with Crippen molar-refractivity contribution in [3.8, 4) is 5.75 Å². The lowest BCUT2D eigenvalue weighted by Gasteiger charge is -2.17. The second-order valence-electron chi connectivity index (χ2n) is 6.08. The lowest BCUT2D eigenvalue weighted by atomic mass is 10.2. The van der Waals surface area contributed by atoms with Crippen molar-refractivity contribution < 1.29 is 13.2 Å². The molecule has 26 heavy (non-hydrogen) atoms. The van der Waals surface area contributed by atoms with E-state index >= 15 is 0 Å². The summed E-state index contributed by atoms with van der Waals surface area (Å²) >= 11 is 12.1. The standard InChI is InChI=1S/C18H20Cl2N2O3S/c1-25-15-8-9-16(18(20)17(15)19)26(23,24)21-12-13-4-6-14(7-5-13)22-10-2-3-11-22/h4-9,21H,2-3,10-12H2,1H3. The molecule has 1 heterocycles. The molecule has 0 aliphatic carbocycles. The van der Waals surface area contributed by atoms with Crippen LogP contribution in [-0.2, 0) is 16.6 Å². The Morgan fingerprint density at radius 2 is 1.69 bits per heavy atom. The third kappa shape index (κ3) is 4.09. The van der Waals surface area contributed by atoms with E-state index in [1.54, 1.807) is 0 Å². The highest BCUT2D eigenvalue weighted by Crippen LogP contribution is 2.36. The van der Waals surface area contributed by atoms with Crippen LogP contribution in [0.25, 0.3) is 0 Å². The number of halogens is 2. The molecule has 1 saturated heterocycles. The number of methoxy groups -OCH3 is 1. The molecule has 0 unspecified atom stereocenters. The van der Waals surface area contributed by atoms with Crippen molar-refractivity contribution >= 4 is 38.9 Å². The SMILES string of the molecule is COc1ccc(S(=O)(=O)NCc2ccc(N3CCCC3)cc2)c(Cl)c1Cl. The summed E-state index contributed by atoms with van der Waals surface area (Å²) in [6.07, 6.45) is 2.43. The first-order valence-electron chi connectivity index (χ1n) is 8.28. The summed E-state index contributed by atoms with van der Waals surface area (Å²) < 4.78 is 32.7. The number of anilines is 1. The van der Waals surface area contributed by atoms with Crippen LogP contribution in [0.3, 0.4) is 0 Å². The van der Waals surface area contributed by atoms with Crippen LogP contribution < -0.4 is 14.4 Å². The quantitative estimate of drug-likeness (QED) is 0.773. The summed E-state index contributed by atoms with van der Waals surface area (Å²) in [7, 11) is -2.35. The van der Waals surface area contributed by atoms with E-state index in [4.69, 9.17) is 27.9 Å². The largest absolute Gasteiger partial charge is 0.495 e. The van der Waals surface area contributed by atoms with Crippen LogP contribution in [0.2, 0.25) is 10.0 Å². The van der Waals surface area contributed by atoms with Crippen molar-refractivity contribution in [1.82, 2.24) is 4.72 Å². The zero-order valence-corrected chi connectivity index (χ0v) is 16.7. The summed E-state index contributed by atoms with van der Waals surface area (Å²) in [6.45, 7) is 2.31. The fourth-order valence-electron chi connectivity index (χ4n) is 2.94. The number of benzene rings is 2. The van der Waals surface area contributed by atoms with Crippen LogP contribution in [0.15, 0.2) is 41.3 Å². The first-order valence-corrected chi connectivity index (χ1v) is 10.5. The molecule has 3 rings (SSSR count). The van der Waals surface area contributed by atoms with Gasteiger partial charge >= 0.3 is 0 Å². The number of hydrogen-bond acceptors (Lipinski definition) is 4. The summed E-state index contributed by atoms with van der Waals surface area (Å²) in [5.41, 5.74) is 2.03. The maximum absolute atomic E-state index is 12.6. The third-order valence-electron chi connectivity index (χ3n) is 4.39. The molecule has 0 spiro atoms. The number of hydrogen-bond donors (Lipinski definition) is 1. The molecule has 8 heteroatoms. The Bertz CT molecular complexity index is 880. The molecule has 0 radical (unpaired) electrons. The monoisotopic (exact) mass is 414 g/mol. The van der Waals surface area contributed by atoms with Gasteiger partial charge in [0.15, 0.2) is 0 Å². The van der Waals surface area contributed by atoms with Crippen molar-refractivity contribution in [2.45, 2.75) is 24.3 Å².